The second-order valence-electron chi connectivity index (χ2n) is 6.79. The Balaban J connectivity index is 1.41. The number of amides is 2. The minimum absolute atomic E-state index is 0.147. The molecule has 0 aliphatic heterocycles. The summed E-state index contributed by atoms with van der Waals surface area (Å²) in [5, 5.41) is 19.2. The summed E-state index contributed by atoms with van der Waals surface area (Å²) in [7, 11) is 1.61. The third kappa shape index (κ3) is 5.03. The molecule has 162 valence electrons. The highest BCUT2D eigenvalue weighted by atomic mass is 32.2. The van der Waals surface area contributed by atoms with Crippen molar-refractivity contribution >= 4 is 40.6 Å². The van der Waals surface area contributed by atoms with E-state index < -0.39 is 0 Å². The minimum Gasteiger partial charge on any atom is -0.497 e. The van der Waals surface area contributed by atoms with Crippen molar-refractivity contribution in [3.63, 3.8) is 0 Å². The van der Waals surface area contributed by atoms with Gasteiger partial charge in [-0.25, -0.2) is 0 Å². The van der Waals surface area contributed by atoms with Crippen LogP contribution in [-0.2, 0) is 9.59 Å². The van der Waals surface area contributed by atoms with E-state index in [0.717, 1.165) is 11.3 Å². The molecule has 0 spiro atoms. The van der Waals surface area contributed by atoms with Gasteiger partial charge < -0.3 is 15.4 Å². The predicted octanol–water partition coefficient (Wildman–Crippen LogP) is 3.49. The van der Waals surface area contributed by atoms with Crippen molar-refractivity contribution in [2.75, 3.05) is 23.5 Å². The molecule has 2 heterocycles. The molecule has 4 aromatic rings. The van der Waals surface area contributed by atoms with Crippen LogP contribution >= 0.6 is 11.8 Å². The van der Waals surface area contributed by atoms with Crippen LogP contribution in [0.15, 0.2) is 65.7 Å². The maximum absolute atomic E-state index is 12.3. The second kappa shape index (κ2) is 9.48. The van der Waals surface area contributed by atoms with Crippen molar-refractivity contribution in [3.05, 3.63) is 60.7 Å². The van der Waals surface area contributed by atoms with Crippen molar-refractivity contribution in [1.29, 1.82) is 0 Å². The molecule has 0 atom stereocenters. The Morgan fingerprint density at radius 3 is 2.28 bits per heavy atom. The van der Waals surface area contributed by atoms with Crippen LogP contribution in [0.25, 0.3) is 17.0 Å². The number of aromatic nitrogens is 4. The fourth-order valence-electron chi connectivity index (χ4n) is 2.95. The van der Waals surface area contributed by atoms with Gasteiger partial charge >= 0.3 is 0 Å². The molecule has 0 bridgehead atoms. The van der Waals surface area contributed by atoms with Crippen LogP contribution in [0.2, 0.25) is 0 Å². The predicted molar refractivity (Wildman–Crippen MR) is 123 cm³/mol. The number of fused-ring (bicyclic) bond motifs is 1. The van der Waals surface area contributed by atoms with Crippen molar-refractivity contribution in [2.45, 2.75) is 11.9 Å². The van der Waals surface area contributed by atoms with Crippen molar-refractivity contribution in [3.8, 4) is 17.1 Å². The van der Waals surface area contributed by atoms with Gasteiger partial charge in [0.1, 0.15) is 10.8 Å². The molecule has 0 aliphatic carbocycles. The van der Waals surface area contributed by atoms with E-state index in [1.54, 1.807) is 35.9 Å². The Kier molecular flexibility index (Phi) is 6.31. The molecule has 2 aromatic carbocycles. The Morgan fingerprint density at radius 1 is 0.938 bits per heavy atom. The first-order valence-electron chi connectivity index (χ1n) is 9.69. The van der Waals surface area contributed by atoms with Crippen molar-refractivity contribution < 1.29 is 14.3 Å². The molecular weight excluding hydrogens is 428 g/mol. The first kappa shape index (κ1) is 21.3. The average molecular weight is 449 g/mol. The highest BCUT2D eigenvalue weighted by Crippen LogP contribution is 2.23. The number of rotatable bonds is 7. The molecule has 0 fully saturated rings. The van der Waals surface area contributed by atoms with Gasteiger partial charge in [-0.1, -0.05) is 11.8 Å². The van der Waals surface area contributed by atoms with Gasteiger partial charge in [0.15, 0.2) is 11.5 Å². The molecule has 0 aliphatic rings. The van der Waals surface area contributed by atoms with Gasteiger partial charge in [0.25, 0.3) is 0 Å². The van der Waals surface area contributed by atoms with Crippen LogP contribution in [0.4, 0.5) is 11.4 Å². The van der Waals surface area contributed by atoms with E-state index in [4.69, 9.17) is 4.74 Å². The number of nitrogens with zero attached hydrogens (tertiary/aromatic N) is 4. The van der Waals surface area contributed by atoms with Crippen LogP contribution in [0.3, 0.4) is 0 Å². The number of nitrogens with one attached hydrogen (secondary N) is 2. The van der Waals surface area contributed by atoms with Gasteiger partial charge in [-0.05, 0) is 60.7 Å². The highest BCUT2D eigenvalue weighted by molar-refractivity contribution is 7.99. The quantitative estimate of drug-likeness (QED) is 0.416. The molecule has 32 heavy (non-hydrogen) atoms. The number of thioether (sulfide) groups is 1. The number of carbonyl (C=O) groups is 2. The number of anilines is 2. The lowest BCUT2D eigenvalue weighted by molar-refractivity contribution is -0.114. The molecule has 10 heteroatoms. The van der Waals surface area contributed by atoms with Crippen LogP contribution in [0.5, 0.6) is 5.75 Å². The van der Waals surface area contributed by atoms with Gasteiger partial charge in [-0.3, -0.25) is 9.59 Å². The molecule has 0 saturated heterocycles. The molecule has 2 amide bonds. The molecule has 0 radical (unpaired) electrons. The smallest absolute Gasteiger partial charge is 0.234 e. The molecule has 2 aromatic heterocycles. The normalized spacial score (nSPS) is 10.7. The molecule has 0 unspecified atom stereocenters. The maximum Gasteiger partial charge on any atom is 0.234 e. The van der Waals surface area contributed by atoms with E-state index >= 15 is 0 Å². The molecule has 9 nitrogen and oxygen atoms in total. The van der Waals surface area contributed by atoms with Crippen LogP contribution < -0.4 is 15.4 Å². The standard InChI is InChI=1S/C22H20N6O3S/c1-14(29)23-16-5-7-17(8-6-16)24-20(30)13-32-21-12-11-19-25-26-22(28(19)27-21)15-3-9-18(31-2)10-4-15/h3-12H,13H2,1-2H3,(H,23,29)(H,24,30). The number of ether oxygens (including phenoxy) is 1. The van der Waals surface area contributed by atoms with E-state index in [0.29, 0.717) is 27.9 Å². The first-order chi connectivity index (χ1) is 15.5. The highest BCUT2D eigenvalue weighted by Gasteiger charge is 2.12. The molecule has 0 saturated carbocycles. The number of benzene rings is 2. The summed E-state index contributed by atoms with van der Waals surface area (Å²) >= 11 is 1.31. The Morgan fingerprint density at radius 2 is 1.62 bits per heavy atom. The van der Waals surface area contributed by atoms with Gasteiger partial charge in [-0.2, -0.15) is 9.61 Å². The zero-order valence-electron chi connectivity index (χ0n) is 17.4. The summed E-state index contributed by atoms with van der Waals surface area (Å²) in [5.41, 5.74) is 2.79. The van der Waals surface area contributed by atoms with E-state index in [1.807, 2.05) is 36.4 Å². The minimum atomic E-state index is -0.164. The SMILES string of the molecule is COc1ccc(-c2nnc3ccc(SCC(=O)Nc4ccc(NC(C)=O)cc4)nn23)cc1. The fourth-order valence-corrected chi connectivity index (χ4v) is 3.60. The zero-order chi connectivity index (χ0) is 22.5. The zero-order valence-corrected chi connectivity index (χ0v) is 18.2. The summed E-state index contributed by atoms with van der Waals surface area (Å²) < 4.78 is 6.85. The number of methoxy groups -OCH3 is 1. The number of hydrogen-bond acceptors (Lipinski definition) is 7. The van der Waals surface area contributed by atoms with Crippen LogP contribution in [0, 0.1) is 0 Å². The largest absolute Gasteiger partial charge is 0.497 e. The molecule has 2 N–H and O–H groups in total. The topological polar surface area (TPSA) is 111 Å². The molecule has 4 rings (SSSR count). The van der Waals surface area contributed by atoms with E-state index in [-0.39, 0.29) is 17.6 Å². The lowest BCUT2D eigenvalue weighted by Crippen LogP contribution is -2.14. The summed E-state index contributed by atoms with van der Waals surface area (Å²) in [5.74, 6) is 1.23. The fraction of sp³-hybridized carbons (Fsp3) is 0.136. The third-order valence-corrected chi connectivity index (χ3v) is 5.35. The average Bonchev–Trinajstić information content (AvgIpc) is 3.22. The summed E-state index contributed by atoms with van der Waals surface area (Å²) in [6, 6.07) is 18.0. The monoisotopic (exact) mass is 448 g/mol. The summed E-state index contributed by atoms with van der Waals surface area (Å²) in [4.78, 5) is 23.4. The van der Waals surface area contributed by atoms with Crippen LogP contribution in [-0.4, -0.2) is 44.5 Å². The Labute approximate surface area is 188 Å². The van der Waals surface area contributed by atoms with E-state index in [9.17, 15) is 9.59 Å². The van der Waals surface area contributed by atoms with E-state index in [1.165, 1.54) is 18.7 Å². The summed E-state index contributed by atoms with van der Waals surface area (Å²) in [6.07, 6.45) is 0. The lowest BCUT2D eigenvalue weighted by atomic mass is 10.2. The Bertz CT molecular complexity index is 1260. The van der Waals surface area contributed by atoms with E-state index in [2.05, 4.69) is 25.9 Å². The van der Waals surface area contributed by atoms with Crippen molar-refractivity contribution in [1.82, 2.24) is 19.8 Å². The third-order valence-electron chi connectivity index (χ3n) is 4.43. The number of carbonyl (C=O) groups excluding carboxylic acids is 2. The van der Waals surface area contributed by atoms with Gasteiger partial charge in [0.2, 0.25) is 11.8 Å². The second-order valence-corrected chi connectivity index (χ2v) is 7.78. The van der Waals surface area contributed by atoms with Gasteiger partial charge in [0, 0.05) is 23.9 Å². The lowest BCUT2D eigenvalue weighted by Gasteiger charge is -2.07. The first-order valence-corrected chi connectivity index (χ1v) is 10.7. The Hall–Kier alpha value is -3.92. The number of hydrogen-bond donors (Lipinski definition) is 2. The van der Waals surface area contributed by atoms with Crippen molar-refractivity contribution in [2.24, 2.45) is 0 Å². The van der Waals surface area contributed by atoms with Gasteiger partial charge in [-0.15, -0.1) is 10.2 Å². The molecular formula is C22H20N6O3S. The summed E-state index contributed by atoms with van der Waals surface area (Å²) in [6.45, 7) is 1.44. The maximum atomic E-state index is 12.3. The van der Waals surface area contributed by atoms with Gasteiger partial charge in [0.05, 0.1) is 12.9 Å². The van der Waals surface area contributed by atoms with Crippen LogP contribution in [0.1, 0.15) is 6.92 Å².